The SMILES string of the molecule is CCCCc1ccc(Oc2cccc(Cl)c2C(=N)N)cc1. The molecule has 0 aromatic heterocycles. The summed E-state index contributed by atoms with van der Waals surface area (Å²) < 4.78 is 5.81. The molecule has 0 spiro atoms. The molecule has 21 heavy (non-hydrogen) atoms. The molecule has 0 heterocycles. The molecule has 4 heteroatoms. The third-order valence-electron chi connectivity index (χ3n) is 3.21. The molecule has 0 aliphatic heterocycles. The van der Waals surface area contributed by atoms with Crippen LogP contribution in [0.5, 0.6) is 11.5 Å². The molecular formula is C17H19ClN2O. The summed E-state index contributed by atoms with van der Waals surface area (Å²) in [6.07, 6.45) is 3.44. The van der Waals surface area contributed by atoms with E-state index in [0.29, 0.717) is 22.1 Å². The molecule has 0 radical (unpaired) electrons. The van der Waals surface area contributed by atoms with Crippen molar-refractivity contribution in [3.05, 3.63) is 58.6 Å². The average molecular weight is 303 g/mol. The summed E-state index contributed by atoms with van der Waals surface area (Å²) in [5.41, 5.74) is 7.29. The van der Waals surface area contributed by atoms with Crippen LogP contribution in [0.15, 0.2) is 42.5 Å². The minimum absolute atomic E-state index is 0.102. The summed E-state index contributed by atoms with van der Waals surface area (Å²) in [5, 5.41) is 8.02. The second-order valence-electron chi connectivity index (χ2n) is 4.88. The Bertz CT molecular complexity index is 623. The van der Waals surface area contributed by atoms with Crippen molar-refractivity contribution in [3.63, 3.8) is 0 Å². The van der Waals surface area contributed by atoms with Crippen molar-refractivity contribution >= 4 is 17.4 Å². The number of nitrogen functional groups attached to an aromatic ring is 1. The van der Waals surface area contributed by atoms with Gasteiger partial charge in [0.2, 0.25) is 0 Å². The highest BCUT2D eigenvalue weighted by Crippen LogP contribution is 2.30. The standard InChI is InChI=1S/C17H19ClN2O/c1-2-3-5-12-8-10-13(11-9-12)21-15-7-4-6-14(18)16(15)17(19)20/h4,6-11H,2-3,5H2,1H3,(H3,19,20). The summed E-state index contributed by atoms with van der Waals surface area (Å²) >= 11 is 6.07. The fourth-order valence-corrected chi connectivity index (χ4v) is 2.35. The Kier molecular flexibility index (Phi) is 5.23. The normalized spacial score (nSPS) is 10.4. The summed E-state index contributed by atoms with van der Waals surface area (Å²) in [7, 11) is 0. The Balaban J connectivity index is 2.19. The third kappa shape index (κ3) is 3.99. The lowest BCUT2D eigenvalue weighted by atomic mass is 10.1. The molecule has 110 valence electrons. The Morgan fingerprint density at radius 2 is 1.90 bits per heavy atom. The van der Waals surface area contributed by atoms with Gasteiger partial charge in [-0.2, -0.15) is 0 Å². The predicted molar refractivity (Wildman–Crippen MR) is 87.6 cm³/mol. The highest BCUT2D eigenvalue weighted by Gasteiger charge is 2.11. The molecule has 0 unspecified atom stereocenters. The molecule has 2 rings (SSSR count). The number of ether oxygens (including phenoxy) is 1. The molecule has 3 N–H and O–H groups in total. The van der Waals surface area contributed by atoms with Gasteiger partial charge >= 0.3 is 0 Å². The monoisotopic (exact) mass is 302 g/mol. The topological polar surface area (TPSA) is 59.1 Å². The maximum absolute atomic E-state index is 7.61. The first-order valence-corrected chi connectivity index (χ1v) is 7.39. The number of aryl methyl sites for hydroxylation is 1. The summed E-state index contributed by atoms with van der Waals surface area (Å²) in [5.74, 6) is 1.10. The first kappa shape index (κ1) is 15.4. The minimum atomic E-state index is -0.102. The zero-order chi connectivity index (χ0) is 15.2. The van der Waals surface area contributed by atoms with Crippen molar-refractivity contribution in [1.29, 1.82) is 5.41 Å². The van der Waals surface area contributed by atoms with E-state index in [1.165, 1.54) is 18.4 Å². The van der Waals surface area contributed by atoms with Crippen molar-refractivity contribution < 1.29 is 4.74 Å². The highest BCUT2D eigenvalue weighted by molar-refractivity contribution is 6.34. The van der Waals surface area contributed by atoms with Gasteiger partial charge in [0.25, 0.3) is 0 Å². The van der Waals surface area contributed by atoms with Gasteiger partial charge in [0.15, 0.2) is 0 Å². The van der Waals surface area contributed by atoms with E-state index in [0.717, 1.165) is 6.42 Å². The van der Waals surface area contributed by atoms with Crippen LogP contribution in [0.25, 0.3) is 0 Å². The number of hydrogen-bond donors (Lipinski definition) is 2. The van der Waals surface area contributed by atoms with E-state index < -0.39 is 0 Å². The first-order valence-electron chi connectivity index (χ1n) is 7.01. The molecule has 0 amide bonds. The summed E-state index contributed by atoms with van der Waals surface area (Å²) in [4.78, 5) is 0. The van der Waals surface area contributed by atoms with Crippen molar-refractivity contribution in [2.24, 2.45) is 5.73 Å². The fraction of sp³-hybridized carbons (Fsp3) is 0.235. The van der Waals surface area contributed by atoms with E-state index in [2.05, 4.69) is 19.1 Å². The Labute approximate surface area is 130 Å². The van der Waals surface area contributed by atoms with Crippen LogP contribution in [-0.4, -0.2) is 5.84 Å². The number of benzene rings is 2. The lowest BCUT2D eigenvalue weighted by Crippen LogP contribution is -2.13. The number of rotatable bonds is 6. The van der Waals surface area contributed by atoms with Crippen LogP contribution in [0, 0.1) is 5.41 Å². The van der Waals surface area contributed by atoms with Gasteiger partial charge in [0.05, 0.1) is 10.6 Å². The van der Waals surface area contributed by atoms with Crippen molar-refractivity contribution in [3.8, 4) is 11.5 Å². The number of hydrogen-bond acceptors (Lipinski definition) is 2. The molecular weight excluding hydrogens is 284 g/mol. The molecule has 0 aliphatic carbocycles. The van der Waals surface area contributed by atoms with Gasteiger partial charge in [0.1, 0.15) is 17.3 Å². The van der Waals surface area contributed by atoms with Crippen LogP contribution >= 0.6 is 11.6 Å². The van der Waals surface area contributed by atoms with E-state index in [-0.39, 0.29) is 5.84 Å². The third-order valence-corrected chi connectivity index (χ3v) is 3.53. The number of unbranched alkanes of at least 4 members (excludes halogenated alkanes) is 1. The smallest absolute Gasteiger partial charge is 0.139 e. The van der Waals surface area contributed by atoms with Gasteiger partial charge in [0, 0.05) is 0 Å². The largest absolute Gasteiger partial charge is 0.457 e. The van der Waals surface area contributed by atoms with E-state index in [1.807, 2.05) is 12.1 Å². The molecule has 0 bridgehead atoms. The zero-order valence-electron chi connectivity index (χ0n) is 12.0. The van der Waals surface area contributed by atoms with E-state index in [9.17, 15) is 0 Å². The maximum atomic E-state index is 7.61. The van der Waals surface area contributed by atoms with Crippen LogP contribution in [-0.2, 0) is 6.42 Å². The summed E-state index contributed by atoms with van der Waals surface area (Å²) in [6, 6.07) is 13.2. The van der Waals surface area contributed by atoms with Gasteiger partial charge < -0.3 is 10.5 Å². The lowest BCUT2D eigenvalue weighted by Gasteiger charge is -2.12. The number of nitrogens with two attached hydrogens (primary N) is 1. The molecule has 0 saturated heterocycles. The predicted octanol–water partition coefficient (Wildman–Crippen LogP) is 4.76. The van der Waals surface area contributed by atoms with Crippen LogP contribution in [0.1, 0.15) is 30.9 Å². The second kappa shape index (κ2) is 7.14. The maximum Gasteiger partial charge on any atom is 0.139 e. The summed E-state index contributed by atoms with van der Waals surface area (Å²) in [6.45, 7) is 2.18. The highest BCUT2D eigenvalue weighted by atomic mass is 35.5. The molecule has 0 saturated carbocycles. The first-order chi connectivity index (χ1) is 10.1. The number of nitrogens with one attached hydrogen (secondary N) is 1. The fourth-order valence-electron chi connectivity index (χ4n) is 2.08. The van der Waals surface area contributed by atoms with Crippen molar-refractivity contribution in [2.45, 2.75) is 26.2 Å². The van der Waals surface area contributed by atoms with Crippen LogP contribution in [0.3, 0.4) is 0 Å². The van der Waals surface area contributed by atoms with Crippen LogP contribution < -0.4 is 10.5 Å². The van der Waals surface area contributed by atoms with Crippen molar-refractivity contribution in [1.82, 2.24) is 0 Å². The molecule has 2 aromatic carbocycles. The molecule has 0 fully saturated rings. The van der Waals surface area contributed by atoms with Gasteiger partial charge in [-0.1, -0.05) is 43.1 Å². The second-order valence-corrected chi connectivity index (χ2v) is 5.28. The Morgan fingerprint density at radius 1 is 1.19 bits per heavy atom. The van der Waals surface area contributed by atoms with Gasteiger partial charge in [-0.3, -0.25) is 5.41 Å². The Morgan fingerprint density at radius 3 is 2.52 bits per heavy atom. The average Bonchev–Trinajstić information content (AvgIpc) is 2.46. The minimum Gasteiger partial charge on any atom is -0.457 e. The van der Waals surface area contributed by atoms with Gasteiger partial charge in [-0.05, 0) is 42.7 Å². The molecule has 2 aromatic rings. The van der Waals surface area contributed by atoms with Crippen LogP contribution in [0.2, 0.25) is 5.02 Å². The van der Waals surface area contributed by atoms with Gasteiger partial charge in [-0.25, -0.2) is 0 Å². The quantitative estimate of drug-likeness (QED) is 0.597. The molecule has 3 nitrogen and oxygen atoms in total. The number of halogens is 1. The molecule has 0 aliphatic rings. The van der Waals surface area contributed by atoms with Crippen molar-refractivity contribution in [2.75, 3.05) is 0 Å². The van der Waals surface area contributed by atoms with E-state index in [1.54, 1.807) is 18.2 Å². The lowest BCUT2D eigenvalue weighted by molar-refractivity contribution is 0.481. The van der Waals surface area contributed by atoms with E-state index in [4.69, 9.17) is 27.5 Å². The van der Waals surface area contributed by atoms with Crippen LogP contribution in [0.4, 0.5) is 0 Å². The van der Waals surface area contributed by atoms with Gasteiger partial charge in [-0.15, -0.1) is 0 Å². The Hall–Kier alpha value is -2.00. The zero-order valence-corrected chi connectivity index (χ0v) is 12.8. The van der Waals surface area contributed by atoms with E-state index >= 15 is 0 Å². The number of amidine groups is 1. The molecule has 0 atom stereocenters.